The largest absolute Gasteiger partial charge is 0.395 e. The fraction of sp³-hybridized carbons (Fsp3) is 0.261. The van der Waals surface area contributed by atoms with Crippen LogP contribution in [0.2, 0.25) is 5.02 Å². The van der Waals surface area contributed by atoms with Gasteiger partial charge in [-0.1, -0.05) is 23.7 Å². The maximum atomic E-state index is 12.4. The van der Waals surface area contributed by atoms with Crippen molar-refractivity contribution in [3.63, 3.8) is 0 Å². The fourth-order valence-corrected chi connectivity index (χ4v) is 3.96. The molecular formula is C23H22ClN5O2. The van der Waals surface area contributed by atoms with Crippen LogP contribution in [0, 0.1) is 6.92 Å². The first-order valence-corrected chi connectivity index (χ1v) is 10.7. The van der Waals surface area contributed by atoms with E-state index in [1.165, 1.54) is 0 Å². The average molecular weight is 436 g/mol. The van der Waals surface area contributed by atoms with E-state index in [9.17, 15) is 9.90 Å². The lowest BCUT2D eigenvalue weighted by Crippen LogP contribution is -2.25. The zero-order valence-corrected chi connectivity index (χ0v) is 17.8. The van der Waals surface area contributed by atoms with Crippen molar-refractivity contribution in [1.29, 1.82) is 0 Å². The SMILES string of the molecule is Cc1ccc2c(c1)nc(NCCO)c1ncc(-c3ccc(C(=O)NC4CC4)c(Cl)c3)n12. The van der Waals surface area contributed by atoms with E-state index in [0.29, 0.717) is 28.6 Å². The number of aromatic nitrogens is 3. The molecule has 5 rings (SSSR count). The van der Waals surface area contributed by atoms with E-state index in [2.05, 4.69) is 15.6 Å². The molecule has 8 heteroatoms. The van der Waals surface area contributed by atoms with Crippen LogP contribution in [0.5, 0.6) is 0 Å². The molecule has 0 bridgehead atoms. The predicted octanol–water partition coefficient (Wildman–Crippen LogP) is 3.81. The highest BCUT2D eigenvalue weighted by Crippen LogP contribution is 2.31. The molecule has 0 saturated heterocycles. The Morgan fingerprint density at radius 2 is 2.10 bits per heavy atom. The van der Waals surface area contributed by atoms with E-state index in [1.54, 1.807) is 18.3 Å². The van der Waals surface area contributed by atoms with Gasteiger partial charge in [0.25, 0.3) is 5.91 Å². The molecule has 158 valence electrons. The summed E-state index contributed by atoms with van der Waals surface area (Å²) in [4.78, 5) is 21.7. The van der Waals surface area contributed by atoms with Crippen molar-refractivity contribution in [2.45, 2.75) is 25.8 Å². The number of carbonyl (C=O) groups is 1. The van der Waals surface area contributed by atoms with Crippen LogP contribution in [0.25, 0.3) is 27.9 Å². The Morgan fingerprint density at radius 3 is 2.84 bits per heavy atom. The number of carbonyl (C=O) groups excluding carboxylic acids is 1. The molecule has 0 aliphatic heterocycles. The van der Waals surface area contributed by atoms with Gasteiger partial charge in [0.05, 0.1) is 40.1 Å². The average Bonchev–Trinajstić information content (AvgIpc) is 3.45. The molecule has 2 heterocycles. The summed E-state index contributed by atoms with van der Waals surface area (Å²) in [5.74, 6) is 0.461. The van der Waals surface area contributed by atoms with Crippen LogP contribution in [0.15, 0.2) is 42.6 Å². The standard InChI is InChI=1S/C23H22ClN5O2/c1-13-2-7-19-18(10-13)28-21(25-8-9-30)22-26-12-20(29(19)22)14-3-6-16(17(24)11-14)23(31)27-15-4-5-15/h2-3,6-7,10-12,15,30H,4-5,8-9H2,1H3,(H,25,28)(H,27,31). The second kappa shape index (κ2) is 7.83. The molecule has 4 aromatic rings. The Kier molecular flexibility index (Phi) is 5.00. The van der Waals surface area contributed by atoms with Gasteiger partial charge in [-0.05, 0) is 49.6 Å². The molecule has 0 spiro atoms. The van der Waals surface area contributed by atoms with Crippen LogP contribution in [-0.4, -0.2) is 44.6 Å². The number of hydrogen-bond donors (Lipinski definition) is 3. The van der Waals surface area contributed by atoms with Crippen molar-refractivity contribution in [3.05, 3.63) is 58.7 Å². The summed E-state index contributed by atoms with van der Waals surface area (Å²) >= 11 is 6.49. The quantitative estimate of drug-likeness (QED) is 0.428. The van der Waals surface area contributed by atoms with E-state index in [-0.39, 0.29) is 18.6 Å². The highest BCUT2D eigenvalue weighted by atomic mass is 35.5. The zero-order chi connectivity index (χ0) is 21.5. The third-order valence-corrected chi connectivity index (χ3v) is 5.72. The number of aryl methyl sites for hydroxylation is 1. The van der Waals surface area contributed by atoms with Gasteiger partial charge in [-0.3, -0.25) is 9.20 Å². The van der Waals surface area contributed by atoms with Crippen molar-refractivity contribution in [2.24, 2.45) is 0 Å². The Labute approximate surface area is 184 Å². The highest BCUT2D eigenvalue weighted by molar-refractivity contribution is 6.34. The van der Waals surface area contributed by atoms with Crippen LogP contribution < -0.4 is 10.6 Å². The molecule has 0 unspecified atom stereocenters. The zero-order valence-electron chi connectivity index (χ0n) is 17.0. The number of hydrogen-bond acceptors (Lipinski definition) is 5. The molecule has 1 aliphatic carbocycles. The summed E-state index contributed by atoms with van der Waals surface area (Å²) in [6.07, 6.45) is 3.82. The van der Waals surface area contributed by atoms with Gasteiger partial charge in [-0.25, -0.2) is 9.97 Å². The Bertz CT molecular complexity index is 1310. The summed E-state index contributed by atoms with van der Waals surface area (Å²) in [5.41, 5.74) is 5.65. The number of aliphatic hydroxyl groups excluding tert-OH is 1. The lowest BCUT2D eigenvalue weighted by atomic mass is 10.1. The smallest absolute Gasteiger partial charge is 0.253 e. The number of imidazole rings is 1. The van der Waals surface area contributed by atoms with Crippen LogP contribution in [0.1, 0.15) is 28.8 Å². The Morgan fingerprint density at radius 1 is 1.26 bits per heavy atom. The molecule has 1 fully saturated rings. The minimum absolute atomic E-state index is 0.00669. The normalized spacial score (nSPS) is 13.6. The number of amides is 1. The molecule has 2 aromatic heterocycles. The summed E-state index contributed by atoms with van der Waals surface area (Å²) in [6.45, 7) is 2.39. The topological polar surface area (TPSA) is 91.6 Å². The van der Waals surface area contributed by atoms with Crippen LogP contribution in [-0.2, 0) is 0 Å². The molecule has 1 amide bonds. The first-order chi connectivity index (χ1) is 15.0. The number of aliphatic hydroxyl groups is 1. The maximum absolute atomic E-state index is 12.4. The first-order valence-electron chi connectivity index (χ1n) is 10.3. The summed E-state index contributed by atoms with van der Waals surface area (Å²) in [7, 11) is 0. The fourth-order valence-electron chi connectivity index (χ4n) is 3.69. The van der Waals surface area contributed by atoms with E-state index < -0.39 is 0 Å². The van der Waals surface area contributed by atoms with Gasteiger partial charge in [0.1, 0.15) is 0 Å². The number of nitrogens with one attached hydrogen (secondary N) is 2. The van der Waals surface area contributed by atoms with Crippen molar-refractivity contribution in [2.75, 3.05) is 18.5 Å². The van der Waals surface area contributed by atoms with Gasteiger partial charge < -0.3 is 15.7 Å². The van der Waals surface area contributed by atoms with Gasteiger partial charge in [0, 0.05) is 18.2 Å². The third-order valence-electron chi connectivity index (χ3n) is 5.40. The number of nitrogens with zero attached hydrogens (tertiary/aromatic N) is 3. The number of rotatable bonds is 6. The third kappa shape index (κ3) is 3.71. The van der Waals surface area contributed by atoms with Crippen LogP contribution >= 0.6 is 11.6 Å². The lowest BCUT2D eigenvalue weighted by molar-refractivity contribution is 0.0951. The summed E-state index contributed by atoms with van der Waals surface area (Å²) in [6, 6.07) is 11.8. The molecule has 0 radical (unpaired) electrons. The molecule has 0 atom stereocenters. The predicted molar refractivity (Wildman–Crippen MR) is 122 cm³/mol. The second-order valence-electron chi connectivity index (χ2n) is 7.85. The molecule has 1 saturated carbocycles. The second-order valence-corrected chi connectivity index (χ2v) is 8.25. The molecule has 1 aliphatic rings. The molecular weight excluding hydrogens is 414 g/mol. The van der Waals surface area contributed by atoms with E-state index >= 15 is 0 Å². The van der Waals surface area contributed by atoms with Gasteiger partial charge in [0.2, 0.25) is 0 Å². The Hall–Kier alpha value is -3.16. The molecule has 7 nitrogen and oxygen atoms in total. The van der Waals surface area contributed by atoms with Crippen molar-refractivity contribution < 1.29 is 9.90 Å². The summed E-state index contributed by atoms with van der Waals surface area (Å²) in [5, 5.41) is 15.8. The van der Waals surface area contributed by atoms with Crippen molar-refractivity contribution in [1.82, 2.24) is 19.7 Å². The lowest BCUT2D eigenvalue weighted by Gasteiger charge is -2.12. The summed E-state index contributed by atoms with van der Waals surface area (Å²) < 4.78 is 2.02. The first kappa shape index (κ1) is 19.8. The van der Waals surface area contributed by atoms with Crippen LogP contribution in [0.4, 0.5) is 5.82 Å². The number of benzene rings is 2. The minimum Gasteiger partial charge on any atom is -0.395 e. The molecule has 3 N–H and O–H groups in total. The van der Waals surface area contributed by atoms with E-state index in [4.69, 9.17) is 16.6 Å². The number of anilines is 1. The molecule has 2 aromatic carbocycles. The monoisotopic (exact) mass is 435 g/mol. The minimum atomic E-state index is -0.141. The van der Waals surface area contributed by atoms with Gasteiger partial charge in [-0.15, -0.1) is 0 Å². The van der Waals surface area contributed by atoms with Crippen LogP contribution in [0.3, 0.4) is 0 Å². The number of halogens is 1. The highest BCUT2D eigenvalue weighted by Gasteiger charge is 2.25. The number of fused-ring (bicyclic) bond motifs is 3. The van der Waals surface area contributed by atoms with Gasteiger partial charge in [-0.2, -0.15) is 0 Å². The molecule has 31 heavy (non-hydrogen) atoms. The van der Waals surface area contributed by atoms with E-state index in [0.717, 1.165) is 40.7 Å². The van der Waals surface area contributed by atoms with Crippen molar-refractivity contribution in [3.8, 4) is 11.3 Å². The maximum Gasteiger partial charge on any atom is 0.253 e. The van der Waals surface area contributed by atoms with E-state index in [1.807, 2.05) is 35.6 Å². The van der Waals surface area contributed by atoms with Gasteiger partial charge >= 0.3 is 0 Å². The van der Waals surface area contributed by atoms with Crippen molar-refractivity contribution >= 4 is 40.0 Å². The van der Waals surface area contributed by atoms with Gasteiger partial charge in [0.15, 0.2) is 11.5 Å². The Balaban J connectivity index is 1.64.